The van der Waals surface area contributed by atoms with E-state index in [9.17, 15) is 13.2 Å². The lowest BCUT2D eigenvalue weighted by atomic mass is 10.2. The first kappa shape index (κ1) is 13.4. The molecule has 0 aliphatic heterocycles. The number of nitrogens with one attached hydrogen (secondary N) is 1. The highest BCUT2D eigenvalue weighted by Gasteiger charge is 2.36. The molecule has 0 atom stereocenters. The van der Waals surface area contributed by atoms with Crippen LogP contribution in [0.3, 0.4) is 0 Å². The van der Waals surface area contributed by atoms with Gasteiger partial charge in [0.2, 0.25) is 4.46 Å². The third kappa shape index (κ3) is 3.41. The molecule has 90 valence electrons. The minimum absolute atomic E-state index is 0.252. The summed E-state index contributed by atoms with van der Waals surface area (Å²) in [5, 5.41) is 8.62. The van der Waals surface area contributed by atoms with E-state index in [0.29, 0.717) is 0 Å². The van der Waals surface area contributed by atoms with Crippen molar-refractivity contribution in [3.63, 3.8) is 0 Å². The number of para-hydroxylation sites is 1. The Morgan fingerprint density at radius 1 is 1.19 bits per heavy atom. The highest BCUT2D eigenvalue weighted by atomic mass is 35.5. The lowest BCUT2D eigenvalue weighted by Crippen LogP contribution is -2.30. The predicted octanol–water partition coefficient (Wildman–Crippen LogP) is 3.15. The van der Waals surface area contributed by atoms with Crippen molar-refractivity contribution >= 4 is 23.2 Å². The van der Waals surface area contributed by atoms with Crippen LogP contribution in [-0.2, 0) is 4.46 Å². The van der Waals surface area contributed by atoms with E-state index >= 15 is 0 Å². The SMILES string of the molecule is ONC(Cl)(Cl)c1ccccc1OC(F)(F)F. The van der Waals surface area contributed by atoms with Crippen molar-refractivity contribution in [3.8, 4) is 5.75 Å². The molecule has 1 aromatic rings. The van der Waals surface area contributed by atoms with Gasteiger partial charge in [0.05, 0.1) is 0 Å². The number of benzene rings is 1. The van der Waals surface area contributed by atoms with Gasteiger partial charge in [-0.1, -0.05) is 41.4 Å². The normalized spacial score (nSPS) is 12.6. The Bertz CT molecular complexity index is 371. The zero-order valence-corrected chi connectivity index (χ0v) is 9.07. The van der Waals surface area contributed by atoms with E-state index in [2.05, 4.69) is 4.74 Å². The second-order valence-corrected chi connectivity index (χ2v) is 4.06. The molecule has 1 rings (SSSR count). The van der Waals surface area contributed by atoms with Gasteiger partial charge in [0.25, 0.3) is 0 Å². The van der Waals surface area contributed by atoms with E-state index < -0.39 is 16.6 Å². The van der Waals surface area contributed by atoms with Crippen LogP contribution in [0.25, 0.3) is 0 Å². The second kappa shape index (κ2) is 4.67. The Morgan fingerprint density at radius 3 is 2.25 bits per heavy atom. The van der Waals surface area contributed by atoms with Gasteiger partial charge in [-0.2, -0.15) is 5.48 Å². The summed E-state index contributed by atoms with van der Waals surface area (Å²) in [6.07, 6.45) is -4.87. The lowest BCUT2D eigenvalue weighted by molar-refractivity contribution is -0.275. The van der Waals surface area contributed by atoms with Crippen LogP contribution in [0, 0.1) is 0 Å². The van der Waals surface area contributed by atoms with Crippen LogP contribution in [0.1, 0.15) is 5.56 Å². The summed E-state index contributed by atoms with van der Waals surface area (Å²) in [6, 6.07) is 4.92. The molecule has 0 bridgehead atoms. The molecular formula is C8H6Cl2F3NO2. The number of hydrogen-bond donors (Lipinski definition) is 2. The van der Waals surface area contributed by atoms with Crippen LogP contribution in [-0.4, -0.2) is 11.6 Å². The van der Waals surface area contributed by atoms with Crippen molar-refractivity contribution in [2.75, 3.05) is 0 Å². The van der Waals surface area contributed by atoms with Crippen LogP contribution in [0.2, 0.25) is 0 Å². The highest BCUT2D eigenvalue weighted by Crippen LogP contribution is 2.38. The van der Waals surface area contributed by atoms with E-state index in [0.717, 1.165) is 6.07 Å². The zero-order valence-electron chi connectivity index (χ0n) is 7.55. The number of alkyl halides is 5. The van der Waals surface area contributed by atoms with Gasteiger partial charge in [0.15, 0.2) is 0 Å². The van der Waals surface area contributed by atoms with E-state index in [1.165, 1.54) is 23.7 Å². The molecule has 0 fully saturated rings. The minimum Gasteiger partial charge on any atom is -0.405 e. The predicted molar refractivity (Wildman–Crippen MR) is 51.4 cm³/mol. The van der Waals surface area contributed by atoms with Gasteiger partial charge in [0.1, 0.15) is 5.75 Å². The Hall–Kier alpha value is -0.690. The van der Waals surface area contributed by atoms with E-state index in [4.69, 9.17) is 28.4 Å². The fourth-order valence-electron chi connectivity index (χ4n) is 1.000. The van der Waals surface area contributed by atoms with Gasteiger partial charge in [-0.25, -0.2) is 0 Å². The first-order valence-electron chi connectivity index (χ1n) is 3.90. The number of hydrogen-bond acceptors (Lipinski definition) is 3. The van der Waals surface area contributed by atoms with Crippen molar-refractivity contribution in [2.45, 2.75) is 10.8 Å². The quantitative estimate of drug-likeness (QED) is 0.506. The van der Waals surface area contributed by atoms with E-state index in [-0.39, 0.29) is 5.56 Å². The van der Waals surface area contributed by atoms with Gasteiger partial charge in [-0.3, -0.25) is 0 Å². The first-order chi connectivity index (χ1) is 7.26. The maximum Gasteiger partial charge on any atom is 0.573 e. The van der Waals surface area contributed by atoms with Crippen molar-refractivity contribution in [3.05, 3.63) is 29.8 Å². The van der Waals surface area contributed by atoms with Gasteiger partial charge in [-0.05, 0) is 6.07 Å². The van der Waals surface area contributed by atoms with Crippen LogP contribution in [0.15, 0.2) is 24.3 Å². The standard InChI is InChI=1S/C8H6Cl2F3NO2/c9-7(10,14-15)5-3-1-2-4-6(5)16-8(11,12)13/h1-4,14-15H. The van der Waals surface area contributed by atoms with Gasteiger partial charge >= 0.3 is 6.36 Å². The Labute approximate surface area is 98.7 Å². The lowest BCUT2D eigenvalue weighted by Gasteiger charge is -2.21. The van der Waals surface area contributed by atoms with Gasteiger partial charge < -0.3 is 9.94 Å². The summed E-state index contributed by atoms with van der Waals surface area (Å²) < 4.78 is 37.7. The maximum atomic E-state index is 12.0. The molecule has 0 aliphatic rings. The summed E-state index contributed by atoms with van der Waals surface area (Å²) in [4.78, 5) is 0. The summed E-state index contributed by atoms with van der Waals surface area (Å²) in [5.41, 5.74) is 1.22. The number of hydroxylamine groups is 1. The van der Waals surface area contributed by atoms with Gasteiger partial charge in [-0.15, -0.1) is 13.2 Å². The average Bonchev–Trinajstić information content (AvgIpc) is 2.16. The summed E-state index contributed by atoms with van der Waals surface area (Å²) in [7, 11) is 0. The number of ether oxygens (including phenoxy) is 1. The second-order valence-electron chi connectivity index (χ2n) is 2.73. The third-order valence-corrected chi connectivity index (χ3v) is 2.17. The van der Waals surface area contributed by atoms with Crippen molar-refractivity contribution in [2.24, 2.45) is 0 Å². The summed E-state index contributed by atoms with van der Waals surface area (Å²) in [6.45, 7) is 0. The molecule has 1 aromatic carbocycles. The zero-order chi connectivity index (χ0) is 12.4. The van der Waals surface area contributed by atoms with Gasteiger partial charge in [0, 0.05) is 5.56 Å². The smallest absolute Gasteiger partial charge is 0.405 e. The molecule has 0 aromatic heterocycles. The van der Waals surface area contributed by atoms with Crippen LogP contribution in [0.4, 0.5) is 13.2 Å². The molecule has 8 heteroatoms. The molecule has 0 amide bonds. The molecule has 0 radical (unpaired) electrons. The third-order valence-electron chi connectivity index (χ3n) is 1.59. The monoisotopic (exact) mass is 275 g/mol. The molecule has 16 heavy (non-hydrogen) atoms. The topological polar surface area (TPSA) is 41.5 Å². The molecule has 0 heterocycles. The van der Waals surface area contributed by atoms with Crippen molar-refractivity contribution < 1.29 is 23.1 Å². The van der Waals surface area contributed by atoms with E-state index in [1.807, 2.05) is 0 Å². The number of rotatable bonds is 3. The molecule has 2 N–H and O–H groups in total. The van der Waals surface area contributed by atoms with Crippen LogP contribution >= 0.6 is 23.2 Å². The minimum atomic E-state index is -4.87. The fourth-order valence-corrected chi connectivity index (χ4v) is 1.31. The van der Waals surface area contributed by atoms with Crippen LogP contribution in [0.5, 0.6) is 5.75 Å². The van der Waals surface area contributed by atoms with Crippen molar-refractivity contribution in [1.82, 2.24) is 5.48 Å². The fraction of sp³-hybridized carbons (Fsp3) is 0.250. The average molecular weight is 276 g/mol. The molecule has 0 aliphatic carbocycles. The summed E-state index contributed by atoms with van der Waals surface area (Å²) >= 11 is 11.1. The molecule has 0 unspecified atom stereocenters. The van der Waals surface area contributed by atoms with Crippen molar-refractivity contribution in [1.29, 1.82) is 0 Å². The summed E-state index contributed by atoms with van der Waals surface area (Å²) in [5.74, 6) is -0.596. The molecule has 0 saturated carbocycles. The van der Waals surface area contributed by atoms with Crippen LogP contribution < -0.4 is 10.2 Å². The maximum absolute atomic E-state index is 12.0. The molecule has 0 spiro atoms. The molecule has 0 saturated heterocycles. The Kier molecular flexibility index (Phi) is 3.90. The van der Waals surface area contributed by atoms with E-state index in [1.54, 1.807) is 0 Å². The first-order valence-corrected chi connectivity index (χ1v) is 4.66. The number of halogens is 5. The Balaban J connectivity index is 3.11. The Morgan fingerprint density at radius 2 is 1.75 bits per heavy atom. The molecule has 3 nitrogen and oxygen atoms in total. The largest absolute Gasteiger partial charge is 0.573 e. The highest BCUT2D eigenvalue weighted by molar-refractivity contribution is 6.47. The molecular weight excluding hydrogens is 270 g/mol.